The maximum Gasteiger partial charge on any atom is 0.416 e. The van der Waals surface area contributed by atoms with Gasteiger partial charge < -0.3 is 5.32 Å². The SMILES string of the molecule is CC(=NNc1c(Cl)cc(C(F)(F)F)cc1Cl)C(=O)C(=O)Nc1ccccc1. The molecule has 0 fully saturated rings. The highest BCUT2D eigenvalue weighted by molar-refractivity contribution is 6.66. The highest BCUT2D eigenvalue weighted by atomic mass is 35.5. The number of alkyl halides is 3. The fraction of sp³-hybridized carbons (Fsp3) is 0.118. The van der Waals surface area contributed by atoms with Gasteiger partial charge in [-0.1, -0.05) is 41.4 Å². The van der Waals surface area contributed by atoms with Crippen LogP contribution in [0, 0.1) is 0 Å². The zero-order chi connectivity index (χ0) is 20.2. The summed E-state index contributed by atoms with van der Waals surface area (Å²) in [6.07, 6.45) is -4.61. The van der Waals surface area contributed by atoms with E-state index >= 15 is 0 Å². The number of carbonyl (C=O) groups is 2. The largest absolute Gasteiger partial charge is 0.416 e. The molecule has 0 unspecified atom stereocenters. The molecule has 2 aromatic rings. The molecule has 10 heteroatoms. The number of hydrogen-bond acceptors (Lipinski definition) is 4. The van der Waals surface area contributed by atoms with Gasteiger partial charge in [-0.15, -0.1) is 0 Å². The van der Waals surface area contributed by atoms with Crippen LogP contribution in [0.1, 0.15) is 12.5 Å². The molecule has 0 aliphatic carbocycles. The molecule has 0 saturated heterocycles. The number of ketones is 1. The molecule has 1 amide bonds. The van der Waals surface area contributed by atoms with Gasteiger partial charge in [-0.05, 0) is 31.2 Å². The van der Waals surface area contributed by atoms with E-state index in [-0.39, 0.29) is 21.4 Å². The maximum atomic E-state index is 12.7. The summed E-state index contributed by atoms with van der Waals surface area (Å²) in [5, 5.41) is 5.39. The zero-order valence-corrected chi connectivity index (χ0v) is 15.2. The first-order valence-electron chi connectivity index (χ1n) is 7.37. The Hall–Kier alpha value is -2.58. The predicted octanol–water partition coefficient (Wildman–Crippen LogP) is 5.01. The summed E-state index contributed by atoms with van der Waals surface area (Å²) in [5.41, 5.74) is 1.35. The summed E-state index contributed by atoms with van der Waals surface area (Å²) in [5.74, 6) is -1.86. The molecule has 0 aliphatic rings. The Balaban J connectivity index is 2.13. The Morgan fingerprint density at radius 2 is 1.59 bits per heavy atom. The highest BCUT2D eigenvalue weighted by Crippen LogP contribution is 2.38. The number of Topliss-reactive ketones (excluding diaryl/α,β-unsaturated/α-hetero) is 1. The van der Waals surface area contributed by atoms with Gasteiger partial charge in [0.2, 0.25) is 0 Å². The van der Waals surface area contributed by atoms with Gasteiger partial charge in [0.25, 0.3) is 11.7 Å². The molecule has 0 atom stereocenters. The minimum Gasteiger partial charge on any atom is -0.319 e. The van der Waals surface area contributed by atoms with Gasteiger partial charge >= 0.3 is 6.18 Å². The van der Waals surface area contributed by atoms with Gasteiger partial charge in [0.05, 0.1) is 21.3 Å². The summed E-state index contributed by atoms with van der Waals surface area (Å²) in [4.78, 5) is 23.9. The minimum absolute atomic E-state index is 0.123. The summed E-state index contributed by atoms with van der Waals surface area (Å²) in [6, 6.07) is 9.63. The summed E-state index contributed by atoms with van der Waals surface area (Å²) >= 11 is 11.6. The minimum atomic E-state index is -4.61. The van der Waals surface area contributed by atoms with E-state index in [0.717, 1.165) is 0 Å². The smallest absolute Gasteiger partial charge is 0.319 e. The third-order valence-corrected chi connectivity index (χ3v) is 3.87. The third kappa shape index (κ3) is 5.45. The summed E-state index contributed by atoms with van der Waals surface area (Å²) < 4.78 is 38.1. The molecule has 0 radical (unpaired) electrons. The summed E-state index contributed by atoms with van der Waals surface area (Å²) in [6.45, 7) is 1.26. The molecule has 2 N–H and O–H groups in total. The van der Waals surface area contributed by atoms with E-state index in [1.807, 2.05) is 0 Å². The number of halogens is 5. The molecule has 0 spiro atoms. The molecule has 0 aromatic heterocycles. The van der Waals surface area contributed by atoms with Crippen LogP contribution < -0.4 is 10.7 Å². The molecule has 0 aliphatic heterocycles. The number of nitrogens with one attached hydrogen (secondary N) is 2. The number of carbonyl (C=O) groups excluding carboxylic acids is 2. The Morgan fingerprint density at radius 3 is 2.11 bits per heavy atom. The second-order valence-corrected chi connectivity index (χ2v) is 6.09. The maximum absolute atomic E-state index is 12.7. The van der Waals surface area contributed by atoms with Crippen LogP contribution >= 0.6 is 23.2 Å². The van der Waals surface area contributed by atoms with Gasteiger partial charge in [0.1, 0.15) is 5.71 Å². The Bertz CT molecular complexity index is 877. The van der Waals surface area contributed by atoms with Crippen molar-refractivity contribution in [3.8, 4) is 0 Å². The van der Waals surface area contributed by atoms with Crippen molar-refractivity contribution in [3.63, 3.8) is 0 Å². The van der Waals surface area contributed by atoms with Crippen molar-refractivity contribution in [2.75, 3.05) is 10.7 Å². The van der Waals surface area contributed by atoms with Gasteiger partial charge in [-0.2, -0.15) is 18.3 Å². The van der Waals surface area contributed by atoms with Crippen LogP contribution in [0.15, 0.2) is 47.6 Å². The number of amides is 1. The third-order valence-electron chi connectivity index (χ3n) is 3.27. The lowest BCUT2D eigenvalue weighted by Gasteiger charge is -2.12. The number of hydrogen-bond donors (Lipinski definition) is 2. The van der Waals surface area contributed by atoms with Crippen LogP contribution in [0.2, 0.25) is 10.0 Å². The first-order valence-corrected chi connectivity index (χ1v) is 8.12. The quantitative estimate of drug-likeness (QED) is 0.408. The molecule has 0 bridgehead atoms. The van der Waals surface area contributed by atoms with Gasteiger partial charge in [-0.3, -0.25) is 15.0 Å². The van der Waals surface area contributed by atoms with Crippen LogP contribution in [0.25, 0.3) is 0 Å². The molecule has 0 saturated carbocycles. The highest BCUT2D eigenvalue weighted by Gasteiger charge is 2.32. The van der Waals surface area contributed by atoms with Crippen LogP contribution in [-0.2, 0) is 15.8 Å². The van der Waals surface area contributed by atoms with E-state index in [9.17, 15) is 22.8 Å². The zero-order valence-electron chi connectivity index (χ0n) is 13.7. The van der Waals surface area contributed by atoms with Gasteiger partial charge in [0.15, 0.2) is 0 Å². The first-order chi connectivity index (χ1) is 12.6. The number of para-hydroxylation sites is 1. The standard InChI is InChI=1S/C17H12Cl2F3N3O2/c1-9(15(26)16(27)23-11-5-3-2-4-6-11)24-25-14-12(18)7-10(8-13(14)19)17(20,21)22/h2-8,25H,1H3,(H,23,27). The molecular weight excluding hydrogens is 406 g/mol. The van der Waals surface area contributed by atoms with E-state index in [1.165, 1.54) is 6.92 Å². The second kappa shape index (κ2) is 8.41. The van der Waals surface area contributed by atoms with Crippen LogP contribution in [0.4, 0.5) is 24.5 Å². The van der Waals surface area contributed by atoms with Crippen molar-refractivity contribution in [2.24, 2.45) is 5.10 Å². The van der Waals surface area contributed by atoms with E-state index < -0.39 is 23.4 Å². The Kier molecular flexibility index (Phi) is 6.45. The van der Waals surface area contributed by atoms with Gasteiger partial charge in [-0.25, -0.2) is 0 Å². The van der Waals surface area contributed by atoms with E-state index in [0.29, 0.717) is 17.8 Å². The molecule has 0 heterocycles. The van der Waals surface area contributed by atoms with Gasteiger partial charge in [0, 0.05) is 5.69 Å². The molecular formula is C17H12Cl2F3N3O2. The normalized spacial score (nSPS) is 11.9. The Morgan fingerprint density at radius 1 is 1.04 bits per heavy atom. The van der Waals surface area contributed by atoms with Crippen molar-refractivity contribution in [2.45, 2.75) is 13.1 Å². The topological polar surface area (TPSA) is 70.6 Å². The molecule has 5 nitrogen and oxygen atoms in total. The molecule has 2 aromatic carbocycles. The lowest BCUT2D eigenvalue weighted by molar-refractivity contribution is -0.137. The van der Waals surface area contributed by atoms with Crippen molar-refractivity contribution >= 4 is 52.0 Å². The number of anilines is 2. The fourth-order valence-corrected chi connectivity index (χ4v) is 2.48. The van der Waals surface area contributed by atoms with Crippen molar-refractivity contribution in [1.29, 1.82) is 0 Å². The average Bonchev–Trinajstić information content (AvgIpc) is 2.60. The lowest BCUT2D eigenvalue weighted by atomic mass is 10.2. The second-order valence-electron chi connectivity index (χ2n) is 5.27. The fourth-order valence-electron chi connectivity index (χ4n) is 1.91. The van der Waals surface area contributed by atoms with E-state index in [2.05, 4.69) is 15.8 Å². The first kappa shape index (κ1) is 20.7. The number of rotatable bonds is 5. The average molecular weight is 418 g/mol. The van der Waals surface area contributed by atoms with E-state index in [1.54, 1.807) is 30.3 Å². The molecule has 2 rings (SSSR count). The van der Waals surface area contributed by atoms with Crippen molar-refractivity contribution in [1.82, 2.24) is 0 Å². The van der Waals surface area contributed by atoms with E-state index in [4.69, 9.17) is 23.2 Å². The molecule has 27 heavy (non-hydrogen) atoms. The van der Waals surface area contributed by atoms with Crippen molar-refractivity contribution < 1.29 is 22.8 Å². The number of nitrogens with zero attached hydrogens (tertiary/aromatic N) is 1. The van der Waals surface area contributed by atoms with Crippen LogP contribution in [-0.4, -0.2) is 17.4 Å². The predicted molar refractivity (Wildman–Crippen MR) is 98.3 cm³/mol. The Labute approximate surface area is 162 Å². The van der Waals surface area contributed by atoms with Crippen LogP contribution in [0.3, 0.4) is 0 Å². The molecule has 142 valence electrons. The monoisotopic (exact) mass is 417 g/mol. The lowest BCUT2D eigenvalue weighted by Crippen LogP contribution is -2.28. The number of benzene rings is 2. The van der Waals surface area contributed by atoms with Crippen molar-refractivity contribution in [3.05, 3.63) is 58.1 Å². The number of hydrazone groups is 1. The summed E-state index contributed by atoms with van der Waals surface area (Å²) in [7, 11) is 0. The van der Waals surface area contributed by atoms with Crippen LogP contribution in [0.5, 0.6) is 0 Å².